The van der Waals surface area contributed by atoms with Crippen LogP contribution in [0.25, 0.3) is 0 Å². The molecule has 84 valence electrons. The van der Waals surface area contributed by atoms with Crippen LogP contribution in [-0.2, 0) is 0 Å². The zero-order valence-corrected chi connectivity index (χ0v) is 10.5. The highest BCUT2D eigenvalue weighted by Crippen LogP contribution is 2.30. The van der Waals surface area contributed by atoms with Gasteiger partial charge in [0.05, 0.1) is 0 Å². The van der Waals surface area contributed by atoms with Gasteiger partial charge in [0.2, 0.25) is 0 Å². The van der Waals surface area contributed by atoms with Crippen molar-refractivity contribution in [1.29, 1.82) is 0 Å². The maximum absolute atomic E-state index is 12.7. The molecule has 0 spiro atoms. The van der Waals surface area contributed by atoms with Crippen LogP contribution < -0.4 is 4.90 Å². The van der Waals surface area contributed by atoms with Gasteiger partial charge >= 0.3 is 6.30 Å². The second-order valence-electron chi connectivity index (χ2n) is 3.41. The third kappa shape index (κ3) is 3.25. The summed E-state index contributed by atoms with van der Waals surface area (Å²) >= 11 is 2.06. The fourth-order valence-corrected chi connectivity index (χ4v) is 1.70. The van der Waals surface area contributed by atoms with E-state index in [-0.39, 0.29) is 5.69 Å². The van der Waals surface area contributed by atoms with E-state index in [9.17, 15) is 13.2 Å². The topological polar surface area (TPSA) is 3.24 Å². The molecular formula is C10H11F3IN. The molecule has 1 nitrogen and oxygen atoms in total. The van der Waals surface area contributed by atoms with Crippen molar-refractivity contribution < 1.29 is 13.2 Å². The van der Waals surface area contributed by atoms with Crippen LogP contribution in [0.1, 0.15) is 13.8 Å². The Morgan fingerprint density at radius 1 is 1.13 bits per heavy atom. The van der Waals surface area contributed by atoms with Gasteiger partial charge in [0, 0.05) is 15.3 Å². The van der Waals surface area contributed by atoms with E-state index in [1.54, 1.807) is 12.1 Å². The Balaban J connectivity index is 3.05. The third-order valence-electron chi connectivity index (χ3n) is 1.89. The predicted molar refractivity (Wildman–Crippen MR) is 62.8 cm³/mol. The van der Waals surface area contributed by atoms with Crippen LogP contribution in [0, 0.1) is 3.57 Å². The maximum atomic E-state index is 12.7. The maximum Gasteiger partial charge on any atom is 0.485 e. The molecule has 1 rings (SSSR count). The standard InChI is InChI=1S/C10H11F3IN/c1-7(2)15(10(11,12)13)9-5-3-8(14)4-6-9/h3-7H,1-2H3. The van der Waals surface area contributed by atoms with E-state index in [2.05, 4.69) is 22.6 Å². The molecule has 0 aliphatic rings. The lowest BCUT2D eigenvalue weighted by molar-refractivity contribution is -0.133. The SMILES string of the molecule is CC(C)N(c1ccc(I)cc1)C(F)(F)F. The van der Waals surface area contributed by atoms with Crippen molar-refractivity contribution in [3.63, 3.8) is 0 Å². The Morgan fingerprint density at radius 2 is 1.60 bits per heavy atom. The Labute approximate surface area is 100 Å². The molecule has 0 N–H and O–H groups in total. The zero-order valence-electron chi connectivity index (χ0n) is 8.35. The fourth-order valence-electron chi connectivity index (χ4n) is 1.34. The van der Waals surface area contributed by atoms with Gasteiger partial charge in [-0.3, -0.25) is 4.90 Å². The molecule has 0 bridgehead atoms. The summed E-state index contributed by atoms with van der Waals surface area (Å²) in [6.07, 6.45) is -4.33. The van der Waals surface area contributed by atoms with E-state index < -0.39 is 12.3 Å². The van der Waals surface area contributed by atoms with Crippen LogP contribution in [0.3, 0.4) is 0 Å². The second kappa shape index (κ2) is 4.59. The van der Waals surface area contributed by atoms with Gasteiger partial charge in [-0.1, -0.05) is 0 Å². The van der Waals surface area contributed by atoms with Crippen molar-refractivity contribution in [2.75, 3.05) is 4.90 Å². The number of hydrogen-bond donors (Lipinski definition) is 0. The molecular weight excluding hydrogens is 318 g/mol. The van der Waals surface area contributed by atoms with Gasteiger partial charge in [0.1, 0.15) is 0 Å². The number of anilines is 1. The normalized spacial score (nSPS) is 11.9. The first kappa shape index (κ1) is 12.6. The zero-order chi connectivity index (χ0) is 11.6. The van der Waals surface area contributed by atoms with E-state index in [1.807, 2.05) is 0 Å². The van der Waals surface area contributed by atoms with Crippen LogP contribution in [0.5, 0.6) is 0 Å². The largest absolute Gasteiger partial charge is 0.485 e. The predicted octanol–water partition coefficient (Wildman–Crippen LogP) is 4.03. The number of hydrogen-bond acceptors (Lipinski definition) is 1. The second-order valence-corrected chi connectivity index (χ2v) is 4.65. The van der Waals surface area contributed by atoms with Crippen LogP contribution in [0.2, 0.25) is 0 Å². The van der Waals surface area contributed by atoms with Gasteiger partial charge in [-0.2, -0.15) is 13.2 Å². The van der Waals surface area contributed by atoms with Gasteiger partial charge in [-0.05, 0) is 60.7 Å². The molecule has 0 heterocycles. The summed E-state index contributed by atoms with van der Waals surface area (Å²) in [4.78, 5) is 0.448. The Hall–Kier alpha value is -0.460. The number of rotatable bonds is 2. The van der Waals surface area contributed by atoms with E-state index in [0.717, 1.165) is 3.57 Å². The highest BCUT2D eigenvalue weighted by molar-refractivity contribution is 14.1. The summed E-state index contributed by atoms with van der Waals surface area (Å²) in [6.45, 7) is 3.04. The van der Waals surface area contributed by atoms with E-state index in [1.165, 1.54) is 26.0 Å². The molecule has 0 aliphatic carbocycles. The molecule has 0 fully saturated rings. The molecule has 0 amide bonds. The summed E-state index contributed by atoms with van der Waals surface area (Å²) in [7, 11) is 0. The first-order valence-corrected chi connectivity index (χ1v) is 5.52. The monoisotopic (exact) mass is 329 g/mol. The van der Waals surface area contributed by atoms with Crippen molar-refractivity contribution in [3.05, 3.63) is 27.8 Å². The lowest BCUT2D eigenvalue weighted by Gasteiger charge is -2.30. The van der Waals surface area contributed by atoms with Gasteiger partial charge in [0.15, 0.2) is 0 Å². The van der Waals surface area contributed by atoms with Crippen molar-refractivity contribution in [1.82, 2.24) is 0 Å². The summed E-state index contributed by atoms with van der Waals surface area (Å²) in [6, 6.07) is 5.68. The molecule has 0 atom stereocenters. The molecule has 0 aromatic heterocycles. The molecule has 15 heavy (non-hydrogen) atoms. The quantitative estimate of drug-likeness (QED) is 0.585. The molecule has 0 unspecified atom stereocenters. The number of benzene rings is 1. The smallest absolute Gasteiger partial charge is 0.282 e. The van der Waals surface area contributed by atoms with Crippen LogP contribution in [0.4, 0.5) is 18.9 Å². The first-order valence-electron chi connectivity index (χ1n) is 4.44. The molecule has 0 aliphatic heterocycles. The summed E-state index contributed by atoms with van der Waals surface area (Å²) in [5.41, 5.74) is 0.179. The summed E-state index contributed by atoms with van der Waals surface area (Å²) in [5.74, 6) is 0. The minimum absolute atomic E-state index is 0.179. The van der Waals surface area contributed by atoms with Crippen LogP contribution in [-0.4, -0.2) is 12.3 Å². The summed E-state index contributed by atoms with van der Waals surface area (Å²) in [5, 5.41) is 0. The molecule has 0 radical (unpaired) electrons. The minimum atomic E-state index is -4.33. The van der Waals surface area contributed by atoms with Crippen molar-refractivity contribution in [2.45, 2.75) is 26.2 Å². The Morgan fingerprint density at radius 3 is 1.93 bits per heavy atom. The molecule has 1 aromatic rings. The number of nitrogens with zero attached hydrogens (tertiary/aromatic N) is 1. The van der Waals surface area contributed by atoms with Crippen LogP contribution >= 0.6 is 22.6 Å². The fraction of sp³-hybridized carbons (Fsp3) is 0.400. The van der Waals surface area contributed by atoms with Gasteiger partial charge in [-0.15, -0.1) is 0 Å². The van der Waals surface area contributed by atoms with E-state index >= 15 is 0 Å². The van der Waals surface area contributed by atoms with Gasteiger partial charge < -0.3 is 0 Å². The summed E-state index contributed by atoms with van der Waals surface area (Å²) < 4.78 is 39.0. The van der Waals surface area contributed by atoms with Gasteiger partial charge in [-0.25, -0.2) is 0 Å². The molecule has 1 aromatic carbocycles. The lowest BCUT2D eigenvalue weighted by atomic mass is 10.2. The van der Waals surface area contributed by atoms with Gasteiger partial charge in [0.25, 0.3) is 0 Å². The minimum Gasteiger partial charge on any atom is -0.282 e. The van der Waals surface area contributed by atoms with E-state index in [0.29, 0.717) is 4.90 Å². The van der Waals surface area contributed by atoms with Crippen molar-refractivity contribution >= 4 is 28.3 Å². The molecule has 0 saturated heterocycles. The van der Waals surface area contributed by atoms with Crippen molar-refractivity contribution in [2.24, 2.45) is 0 Å². The Kier molecular flexibility index (Phi) is 3.86. The first-order chi connectivity index (χ1) is 6.82. The van der Waals surface area contributed by atoms with Crippen molar-refractivity contribution in [3.8, 4) is 0 Å². The average Bonchev–Trinajstić information content (AvgIpc) is 2.05. The highest BCUT2D eigenvalue weighted by Gasteiger charge is 2.39. The average molecular weight is 329 g/mol. The number of halogens is 4. The highest BCUT2D eigenvalue weighted by atomic mass is 127. The number of alkyl halides is 3. The Bertz CT molecular complexity index is 318. The van der Waals surface area contributed by atoms with Crippen LogP contribution in [0.15, 0.2) is 24.3 Å². The molecule has 5 heteroatoms. The van der Waals surface area contributed by atoms with E-state index in [4.69, 9.17) is 0 Å². The molecule has 0 saturated carbocycles. The third-order valence-corrected chi connectivity index (χ3v) is 2.61. The lowest BCUT2D eigenvalue weighted by Crippen LogP contribution is -2.43.